The van der Waals surface area contributed by atoms with E-state index in [1.807, 2.05) is 0 Å². The largest absolute Gasteiger partial charge is 0.495 e. The average Bonchev–Trinajstić information content (AvgIpc) is 2.37. The lowest BCUT2D eigenvalue weighted by atomic mass is 9.98. The summed E-state index contributed by atoms with van der Waals surface area (Å²) in [5.41, 5.74) is 5.81. The zero-order chi connectivity index (χ0) is 14.9. The van der Waals surface area contributed by atoms with E-state index in [9.17, 15) is 13.2 Å². The summed E-state index contributed by atoms with van der Waals surface area (Å²) in [6, 6.07) is 4.60. The first-order valence-corrected chi connectivity index (χ1v) is 6.05. The highest BCUT2D eigenvalue weighted by Crippen LogP contribution is 2.31. The fourth-order valence-electron chi connectivity index (χ4n) is 1.89. The van der Waals surface area contributed by atoms with Gasteiger partial charge in [0, 0.05) is 17.7 Å². The van der Waals surface area contributed by atoms with Gasteiger partial charge in [0.25, 0.3) is 0 Å². The summed E-state index contributed by atoms with van der Waals surface area (Å²) in [7, 11) is 1.44. The van der Waals surface area contributed by atoms with Gasteiger partial charge < -0.3 is 10.5 Å². The Morgan fingerprint density at radius 3 is 2.20 bits per heavy atom. The molecule has 0 aliphatic carbocycles. The molecule has 0 aliphatic heterocycles. The summed E-state index contributed by atoms with van der Waals surface area (Å²) < 4.78 is 45.2. The van der Waals surface area contributed by atoms with Gasteiger partial charge in [-0.25, -0.2) is 13.2 Å². The molecule has 0 saturated heterocycles. The zero-order valence-electron chi connectivity index (χ0n) is 10.5. The molecular weight excluding hydrogens is 291 g/mol. The van der Waals surface area contributed by atoms with Gasteiger partial charge in [-0.3, -0.25) is 0 Å². The number of methoxy groups -OCH3 is 1. The molecule has 0 spiro atoms. The molecule has 0 saturated carbocycles. The lowest BCUT2D eigenvalue weighted by Gasteiger charge is -2.15. The molecule has 2 N–H and O–H groups in total. The molecule has 0 bridgehead atoms. The Labute approximate surface area is 118 Å². The van der Waals surface area contributed by atoms with Crippen LogP contribution < -0.4 is 10.5 Å². The van der Waals surface area contributed by atoms with Crippen molar-refractivity contribution in [3.63, 3.8) is 0 Å². The second kappa shape index (κ2) is 5.73. The summed E-state index contributed by atoms with van der Waals surface area (Å²) in [5.74, 6) is -2.66. The van der Waals surface area contributed by atoms with Crippen molar-refractivity contribution < 1.29 is 17.9 Å². The molecule has 20 heavy (non-hydrogen) atoms. The first kappa shape index (κ1) is 14.7. The topological polar surface area (TPSA) is 35.2 Å². The molecule has 0 amide bonds. The van der Waals surface area contributed by atoms with E-state index in [1.54, 1.807) is 0 Å². The molecule has 6 heteroatoms. The van der Waals surface area contributed by atoms with Crippen molar-refractivity contribution in [3.8, 4) is 5.75 Å². The summed E-state index contributed by atoms with van der Waals surface area (Å²) in [6.07, 6.45) is 0. The highest BCUT2D eigenvalue weighted by Gasteiger charge is 2.20. The lowest BCUT2D eigenvalue weighted by Crippen LogP contribution is -2.16. The van der Waals surface area contributed by atoms with E-state index in [-0.39, 0.29) is 5.02 Å². The van der Waals surface area contributed by atoms with Gasteiger partial charge in [-0.15, -0.1) is 0 Å². The molecule has 0 radical (unpaired) electrons. The fraction of sp³-hybridized carbons (Fsp3) is 0.143. The molecule has 1 atom stereocenters. The third-order valence-corrected chi connectivity index (χ3v) is 3.19. The van der Waals surface area contributed by atoms with Gasteiger partial charge in [-0.2, -0.15) is 0 Å². The summed E-state index contributed by atoms with van der Waals surface area (Å²) in [5, 5.41) is 0.267. The molecule has 2 aromatic carbocycles. The van der Waals surface area contributed by atoms with Gasteiger partial charge in [-0.05, 0) is 17.7 Å². The van der Waals surface area contributed by atoms with Gasteiger partial charge in [0.15, 0.2) is 0 Å². The van der Waals surface area contributed by atoms with Crippen molar-refractivity contribution in [1.82, 2.24) is 0 Å². The van der Waals surface area contributed by atoms with Crippen LogP contribution in [0.3, 0.4) is 0 Å². The maximum absolute atomic E-state index is 13.7. The Kier molecular flexibility index (Phi) is 4.20. The summed E-state index contributed by atoms with van der Waals surface area (Å²) in [6.45, 7) is 0. The van der Waals surface area contributed by atoms with Gasteiger partial charge in [0.1, 0.15) is 23.2 Å². The Balaban J connectivity index is 2.46. The van der Waals surface area contributed by atoms with E-state index in [1.165, 1.54) is 25.3 Å². The second-order valence-electron chi connectivity index (χ2n) is 4.15. The quantitative estimate of drug-likeness (QED) is 0.935. The Morgan fingerprint density at radius 1 is 1.10 bits per heavy atom. The van der Waals surface area contributed by atoms with Crippen LogP contribution in [0.1, 0.15) is 17.2 Å². The van der Waals surface area contributed by atoms with E-state index in [4.69, 9.17) is 22.1 Å². The van der Waals surface area contributed by atoms with Crippen LogP contribution in [0.5, 0.6) is 5.75 Å². The van der Waals surface area contributed by atoms with Crippen LogP contribution in [0.2, 0.25) is 5.02 Å². The molecule has 2 rings (SSSR count). The van der Waals surface area contributed by atoms with Crippen molar-refractivity contribution in [3.05, 3.63) is 63.9 Å². The standard InChI is InChI=1S/C14H11ClF3NO/c1-20-12-3-2-7(4-9(12)15)14(19)13-10(17)5-8(16)6-11(13)18/h2-6,14H,19H2,1H3. The number of rotatable bonds is 3. The monoisotopic (exact) mass is 301 g/mol. The van der Waals surface area contributed by atoms with Gasteiger partial charge in [-0.1, -0.05) is 17.7 Å². The number of nitrogens with two attached hydrogens (primary N) is 1. The number of halogens is 4. The molecule has 1 unspecified atom stereocenters. The molecular formula is C14H11ClF3NO. The van der Waals surface area contributed by atoms with Crippen LogP contribution >= 0.6 is 11.6 Å². The first-order chi connectivity index (χ1) is 9.43. The molecule has 106 valence electrons. The molecule has 0 heterocycles. The molecule has 0 aliphatic rings. The number of benzene rings is 2. The van der Waals surface area contributed by atoms with Gasteiger partial charge >= 0.3 is 0 Å². The van der Waals surface area contributed by atoms with Crippen LogP contribution in [0, 0.1) is 17.5 Å². The number of hydrogen-bond acceptors (Lipinski definition) is 2. The molecule has 0 aromatic heterocycles. The van der Waals surface area contributed by atoms with Crippen LogP contribution in [0.25, 0.3) is 0 Å². The van der Waals surface area contributed by atoms with E-state index in [0.717, 1.165) is 0 Å². The minimum Gasteiger partial charge on any atom is -0.495 e. The third kappa shape index (κ3) is 2.73. The first-order valence-electron chi connectivity index (χ1n) is 5.67. The summed E-state index contributed by atoms with van der Waals surface area (Å²) in [4.78, 5) is 0. The Hall–Kier alpha value is -1.72. The maximum atomic E-state index is 13.7. The highest BCUT2D eigenvalue weighted by molar-refractivity contribution is 6.32. The minimum absolute atomic E-state index is 0.267. The zero-order valence-corrected chi connectivity index (χ0v) is 11.2. The van der Waals surface area contributed by atoms with E-state index >= 15 is 0 Å². The van der Waals surface area contributed by atoms with E-state index in [0.29, 0.717) is 23.4 Å². The minimum atomic E-state index is -1.10. The van der Waals surface area contributed by atoms with Gasteiger partial charge in [0.2, 0.25) is 0 Å². The second-order valence-corrected chi connectivity index (χ2v) is 4.56. The van der Waals surface area contributed by atoms with Crippen molar-refractivity contribution in [1.29, 1.82) is 0 Å². The molecule has 2 aromatic rings. The smallest absolute Gasteiger partial charge is 0.137 e. The predicted octanol–water partition coefficient (Wildman–Crippen LogP) is 3.81. The lowest BCUT2D eigenvalue weighted by molar-refractivity contribution is 0.415. The third-order valence-electron chi connectivity index (χ3n) is 2.89. The van der Waals surface area contributed by atoms with Crippen LogP contribution in [-0.2, 0) is 0 Å². The highest BCUT2D eigenvalue weighted by atomic mass is 35.5. The molecule has 0 fully saturated rings. The van der Waals surface area contributed by atoms with Crippen molar-refractivity contribution in [2.45, 2.75) is 6.04 Å². The van der Waals surface area contributed by atoms with Crippen molar-refractivity contribution >= 4 is 11.6 Å². The Bertz CT molecular complexity index is 625. The molecule has 2 nitrogen and oxygen atoms in total. The van der Waals surface area contributed by atoms with E-state index < -0.39 is 29.1 Å². The number of hydrogen-bond donors (Lipinski definition) is 1. The number of ether oxygens (including phenoxy) is 1. The predicted molar refractivity (Wildman–Crippen MR) is 70.4 cm³/mol. The summed E-state index contributed by atoms with van der Waals surface area (Å²) >= 11 is 5.94. The van der Waals surface area contributed by atoms with Gasteiger partial charge in [0.05, 0.1) is 18.2 Å². The van der Waals surface area contributed by atoms with Crippen molar-refractivity contribution in [2.24, 2.45) is 5.73 Å². The van der Waals surface area contributed by atoms with Crippen molar-refractivity contribution in [2.75, 3.05) is 7.11 Å². The average molecular weight is 302 g/mol. The SMILES string of the molecule is COc1ccc(C(N)c2c(F)cc(F)cc2F)cc1Cl. The maximum Gasteiger partial charge on any atom is 0.137 e. The van der Waals surface area contributed by atoms with Crippen LogP contribution in [0.4, 0.5) is 13.2 Å². The normalized spacial score (nSPS) is 12.3. The fourth-order valence-corrected chi connectivity index (χ4v) is 2.16. The van der Waals surface area contributed by atoms with Crippen LogP contribution in [-0.4, -0.2) is 7.11 Å². The van der Waals surface area contributed by atoms with Crippen LogP contribution in [0.15, 0.2) is 30.3 Å². The van der Waals surface area contributed by atoms with E-state index in [2.05, 4.69) is 0 Å². The Morgan fingerprint density at radius 2 is 1.70 bits per heavy atom.